The lowest BCUT2D eigenvalue weighted by Crippen LogP contribution is -2.01. The van der Waals surface area contributed by atoms with Crippen LogP contribution in [-0.2, 0) is 0 Å². The van der Waals surface area contributed by atoms with Crippen molar-refractivity contribution in [1.29, 1.82) is 0 Å². The van der Waals surface area contributed by atoms with Gasteiger partial charge in [0, 0.05) is 19.0 Å². The van der Waals surface area contributed by atoms with Gasteiger partial charge in [-0.05, 0) is 6.42 Å². The molecule has 4 N–H and O–H groups in total. The third-order valence-electron chi connectivity index (χ3n) is 0.786. The van der Waals surface area contributed by atoms with Crippen molar-refractivity contribution in [2.45, 2.75) is 13.3 Å². The minimum absolute atomic E-state index is 0.517. The van der Waals surface area contributed by atoms with Crippen molar-refractivity contribution in [3.63, 3.8) is 0 Å². The fourth-order valence-electron chi connectivity index (χ4n) is 0.342. The fourth-order valence-corrected chi connectivity index (χ4v) is 0.342. The third kappa shape index (κ3) is 4.87. The Labute approximate surface area is 55.4 Å². The Morgan fingerprint density at radius 3 is 2.78 bits per heavy atom. The Kier molecular flexibility index (Phi) is 4.59. The molecular weight excluding hydrogens is 114 g/mol. The van der Waals surface area contributed by atoms with Gasteiger partial charge in [0.2, 0.25) is 0 Å². The van der Waals surface area contributed by atoms with Gasteiger partial charge in [-0.3, -0.25) is 4.99 Å². The van der Waals surface area contributed by atoms with Gasteiger partial charge in [-0.1, -0.05) is 6.92 Å². The summed E-state index contributed by atoms with van der Waals surface area (Å²) in [6, 6.07) is 0. The average Bonchev–Trinajstić information content (AvgIpc) is 1.89. The molecule has 3 nitrogen and oxygen atoms in total. The first-order chi connectivity index (χ1) is 4.31. The molecule has 0 rings (SSSR count). The molecule has 0 spiro atoms. The highest BCUT2D eigenvalue weighted by Crippen LogP contribution is 1.77. The topological polar surface area (TPSA) is 64.4 Å². The molecule has 0 aliphatic rings. The number of allylic oxidation sites excluding steroid dienone is 1. The number of nitrogens with two attached hydrogens (primary N) is 2. The summed E-state index contributed by atoms with van der Waals surface area (Å²) in [5, 5.41) is 0. The van der Waals surface area contributed by atoms with Gasteiger partial charge in [0.15, 0.2) is 0 Å². The first kappa shape index (κ1) is 8.01. The number of hydrogen-bond donors (Lipinski definition) is 2. The highest BCUT2D eigenvalue weighted by atomic mass is 14.7. The molecular formula is C6H13N3. The Balaban J connectivity index is 3.45. The molecule has 0 aromatic heterocycles. The van der Waals surface area contributed by atoms with Crippen molar-refractivity contribution in [3.8, 4) is 0 Å². The molecule has 0 aromatic carbocycles. The summed E-state index contributed by atoms with van der Waals surface area (Å²) in [5.74, 6) is 0. The first-order valence-corrected chi connectivity index (χ1v) is 2.98. The molecule has 0 heterocycles. The van der Waals surface area contributed by atoms with Crippen LogP contribution in [0.3, 0.4) is 0 Å². The van der Waals surface area contributed by atoms with Gasteiger partial charge in [-0.25, -0.2) is 0 Å². The highest BCUT2D eigenvalue weighted by molar-refractivity contribution is 5.76. The van der Waals surface area contributed by atoms with E-state index in [4.69, 9.17) is 11.5 Å². The van der Waals surface area contributed by atoms with E-state index in [-0.39, 0.29) is 0 Å². The molecule has 0 unspecified atom stereocenters. The fraction of sp³-hybridized carbons (Fsp3) is 0.500. The Morgan fingerprint density at radius 1 is 1.67 bits per heavy atom. The van der Waals surface area contributed by atoms with E-state index in [1.54, 1.807) is 6.21 Å². The third-order valence-corrected chi connectivity index (χ3v) is 0.786. The molecule has 0 fully saturated rings. The van der Waals surface area contributed by atoms with Crippen LogP contribution in [0, 0.1) is 0 Å². The monoisotopic (exact) mass is 127 g/mol. The lowest BCUT2D eigenvalue weighted by molar-refractivity contribution is 0.936. The lowest BCUT2D eigenvalue weighted by atomic mass is 10.5. The van der Waals surface area contributed by atoms with Crippen LogP contribution in [0.15, 0.2) is 16.9 Å². The van der Waals surface area contributed by atoms with Crippen LogP contribution in [0.2, 0.25) is 0 Å². The summed E-state index contributed by atoms with van der Waals surface area (Å²) in [5.41, 5.74) is 10.9. The zero-order chi connectivity index (χ0) is 7.11. The quantitative estimate of drug-likeness (QED) is 0.533. The predicted octanol–water partition coefficient (Wildman–Crippen LogP) is 0.226. The molecule has 0 radical (unpaired) electrons. The van der Waals surface area contributed by atoms with Gasteiger partial charge in [0.25, 0.3) is 0 Å². The molecule has 0 atom stereocenters. The normalized spacial score (nSPS) is 12.8. The first-order valence-electron chi connectivity index (χ1n) is 2.98. The minimum atomic E-state index is 0.517. The maximum absolute atomic E-state index is 5.30. The van der Waals surface area contributed by atoms with Crippen molar-refractivity contribution in [1.82, 2.24) is 0 Å². The van der Waals surface area contributed by atoms with E-state index >= 15 is 0 Å². The van der Waals surface area contributed by atoms with Crippen molar-refractivity contribution in [2.24, 2.45) is 16.5 Å². The minimum Gasteiger partial charge on any atom is -0.403 e. The van der Waals surface area contributed by atoms with Crippen LogP contribution in [0.25, 0.3) is 0 Å². The van der Waals surface area contributed by atoms with E-state index < -0.39 is 0 Å². The second-order valence-electron chi connectivity index (χ2n) is 1.70. The molecule has 0 bridgehead atoms. The van der Waals surface area contributed by atoms with Crippen molar-refractivity contribution < 1.29 is 0 Å². The zero-order valence-electron chi connectivity index (χ0n) is 5.67. The summed E-state index contributed by atoms with van der Waals surface area (Å²) in [7, 11) is 0. The van der Waals surface area contributed by atoms with Gasteiger partial charge in [0.1, 0.15) is 0 Å². The molecule has 0 amide bonds. The van der Waals surface area contributed by atoms with Gasteiger partial charge in [-0.2, -0.15) is 0 Å². The maximum Gasteiger partial charge on any atom is 0.0652 e. The predicted molar refractivity (Wildman–Crippen MR) is 40.1 cm³/mol. The van der Waals surface area contributed by atoms with E-state index in [1.807, 2.05) is 0 Å². The smallest absolute Gasteiger partial charge is 0.0652 e. The molecule has 0 saturated heterocycles. The number of aliphatic imine (C=N–C) groups is 1. The highest BCUT2D eigenvalue weighted by Gasteiger charge is 1.76. The van der Waals surface area contributed by atoms with Gasteiger partial charge < -0.3 is 11.5 Å². The Hall–Kier alpha value is -0.990. The summed E-state index contributed by atoms with van der Waals surface area (Å²) in [6.07, 6.45) is 3.94. The summed E-state index contributed by atoms with van der Waals surface area (Å²) < 4.78 is 0. The second kappa shape index (κ2) is 5.15. The molecule has 0 saturated carbocycles. The number of nitrogens with zero attached hydrogens (tertiary/aromatic N) is 1. The van der Waals surface area contributed by atoms with Crippen LogP contribution >= 0.6 is 0 Å². The molecule has 0 aromatic rings. The Morgan fingerprint density at radius 2 is 2.33 bits per heavy atom. The van der Waals surface area contributed by atoms with E-state index in [1.165, 1.54) is 6.20 Å². The molecule has 9 heavy (non-hydrogen) atoms. The SMILES string of the molecule is CCCN=C/C(N)=C\N. The summed E-state index contributed by atoms with van der Waals surface area (Å²) in [6.45, 7) is 2.87. The van der Waals surface area contributed by atoms with E-state index in [2.05, 4.69) is 11.9 Å². The van der Waals surface area contributed by atoms with Gasteiger partial charge in [0.05, 0.1) is 5.70 Å². The van der Waals surface area contributed by atoms with Gasteiger partial charge in [-0.15, -0.1) is 0 Å². The molecule has 0 aliphatic carbocycles. The van der Waals surface area contributed by atoms with E-state index in [0.717, 1.165) is 13.0 Å². The number of hydrogen-bond acceptors (Lipinski definition) is 3. The standard InChI is InChI=1S/C6H13N3/c1-2-3-9-5-6(8)4-7/h4-5H,2-3,7-8H2,1H3/b6-4+,9-5?. The largest absolute Gasteiger partial charge is 0.403 e. The van der Waals surface area contributed by atoms with Crippen LogP contribution in [0.1, 0.15) is 13.3 Å². The second-order valence-corrected chi connectivity index (χ2v) is 1.70. The summed E-state index contributed by atoms with van der Waals surface area (Å²) in [4.78, 5) is 3.96. The summed E-state index contributed by atoms with van der Waals surface area (Å²) >= 11 is 0. The lowest BCUT2D eigenvalue weighted by Gasteiger charge is -1.87. The molecule has 52 valence electrons. The van der Waals surface area contributed by atoms with E-state index in [9.17, 15) is 0 Å². The molecule has 3 heteroatoms. The maximum atomic E-state index is 5.30. The molecule has 0 aliphatic heterocycles. The van der Waals surface area contributed by atoms with Crippen molar-refractivity contribution >= 4 is 6.21 Å². The van der Waals surface area contributed by atoms with Crippen LogP contribution in [0.4, 0.5) is 0 Å². The Bertz CT molecular complexity index is 115. The van der Waals surface area contributed by atoms with E-state index in [0.29, 0.717) is 5.70 Å². The zero-order valence-corrected chi connectivity index (χ0v) is 5.67. The van der Waals surface area contributed by atoms with Gasteiger partial charge >= 0.3 is 0 Å². The number of rotatable bonds is 3. The average molecular weight is 127 g/mol. The van der Waals surface area contributed by atoms with Crippen LogP contribution < -0.4 is 11.5 Å². The van der Waals surface area contributed by atoms with Crippen LogP contribution in [-0.4, -0.2) is 12.8 Å². The van der Waals surface area contributed by atoms with Crippen molar-refractivity contribution in [3.05, 3.63) is 11.9 Å². The van der Waals surface area contributed by atoms with Crippen LogP contribution in [0.5, 0.6) is 0 Å². The van der Waals surface area contributed by atoms with Crippen molar-refractivity contribution in [2.75, 3.05) is 6.54 Å².